The molecule has 1 aliphatic heterocycles. The second kappa shape index (κ2) is 9.73. The minimum absolute atomic E-state index is 0.453. The zero-order valence-electron chi connectivity index (χ0n) is 16.3. The van der Waals surface area contributed by atoms with Crippen LogP contribution in [0.5, 0.6) is 0 Å². The van der Waals surface area contributed by atoms with Crippen LogP contribution in [0.3, 0.4) is 0 Å². The predicted molar refractivity (Wildman–Crippen MR) is 110 cm³/mol. The molecule has 1 saturated heterocycles. The van der Waals surface area contributed by atoms with Crippen LogP contribution in [0, 0.1) is 5.92 Å². The van der Waals surface area contributed by atoms with Crippen LogP contribution in [0.15, 0.2) is 33.9 Å². The largest absolute Gasteiger partial charge is 0.357 e. The van der Waals surface area contributed by atoms with Gasteiger partial charge in [0.1, 0.15) is 5.69 Å². The summed E-state index contributed by atoms with van der Waals surface area (Å²) in [4.78, 5) is 15.8. The first kappa shape index (κ1) is 19.7. The Labute approximate surface area is 165 Å². The lowest BCUT2D eigenvalue weighted by atomic mass is 10.1. The molecule has 146 valence electrons. The van der Waals surface area contributed by atoms with E-state index in [1.807, 2.05) is 18.2 Å². The van der Waals surface area contributed by atoms with Gasteiger partial charge in [0.2, 0.25) is 0 Å². The van der Waals surface area contributed by atoms with E-state index in [4.69, 9.17) is 9.52 Å². The van der Waals surface area contributed by atoms with Crippen molar-refractivity contribution in [3.05, 3.63) is 30.2 Å². The Morgan fingerprint density at radius 2 is 2.33 bits per heavy atom. The molecule has 3 heterocycles. The van der Waals surface area contributed by atoms with Gasteiger partial charge in [-0.05, 0) is 25.0 Å². The summed E-state index contributed by atoms with van der Waals surface area (Å²) in [5, 5.41) is 8.13. The molecule has 27 heavy (non-hydrogen) atoms. The molecule has 1 unspecified atom stereocenters. The fourth-order valence-electron chi connectivity index (χ4n) is 2.91. The van der Waals surface area contributed by atoms with Gasteiger partial charge in [0.15, 0.2) is 11.8 Å². The Bertz CT molecular complexity index is 733. The van der Waals surface area contributed by atoms with E-state index in [0.717, 1.165) is 31.3 Å². The van der Waals surface area contributed by atoms with E-state index >= 15 is 0 Å². The van der Waals surface area contributed by atoms with Crippen molar-refractivity contribution < 1.29 is 4.52 Å². The predicted octanol–water partition coefficient (Wildman–Crippen LogP) is 2.71. The van der Waals surface area contributed by atoms with Crippen LogP contribution < -0.4 is 5.32 Å². The number of hydrogen-bond donors (Lipinski definition) is 1. The molecule has 1 aliphatic rings. The third kappa shape index (κ3) is 5.45. The molecule has 1 fully saturated rings. The van der Waals surface area contributed by atoms with E-state index in [2.05, 4.69) is 57.9 Å². The van der Waals surface area contributed by atoms with Crippen molar-refractivity contribution in [2.24, 2.45) is 10.9 Å². The third-order valence-electron chi connectivity index (χ3n) is 4.42. The maximum Gasteiger partial charge on any atom is 0.276 e. The summed E-state index contributed by atoms with van der Waals surface area (Å²) in [6.07, 6.45) is 2.36. The highest BCUT2D eigenvalue weighted by Crippen LogP contribution is 2.24. The molecule has 7 nitrogen and oxygen atoms in total. The summed E-state index contributed by atoms with van der Waals surface area (Å²) in [5.41, 5.74) is 0.693. The molecule has 0 amide bonds. The van der Waals surface area contributed by atoms with Crippen molar-refractivity contribution >= 4 is 17.7 Å². The first-order valence-electron chi connectivity index (χ1n) is 9.56. The van der Waals surface area contributed by atoms with Gasteiger partial charge in [0.25, 0.3) is 5.89 Å². The SMILES string of the molecule is CCNC(=NCCc1noc(-c2ccccn2)n1)N1CCSC(C(C)C)C1. The van der Waals surface area contributed by atoms with Crippen LogP contribution in [-0.2, 0) is 6.42 Å². The Morgan fingerprint density at radius 3 is 3.07 bits per heavy atom. The number of nitrogens with zero attached hydrogens (tertiary/aromatic N) is 5. The van der Waals surface area contributed by atoms with E-state index in [0.29, 0.717) is 41.5 Å². The summed E-state index contributed by atoms with van der Waals surface area (Å²) in [6, 6.07) is 5.62. The monoisotopic (exact) mass is 388 g/mol. The average molecular weight is 389 g/mol. The number of thioether (sulfide) groups is 1. The third-order valence-corrected chi connectivity index (χ3v) is 5.96. The van der Waals surface area contributed by atoms with Crippen LogP contribution in [0.1, 0.15) is 26.6 Å². The van der Waals surface area contributed by atoms with Crippen LogP contribution in [0.2, 0.25) is 0 Å². The van der Waals surface area contributed by atoms with Crippen molar-refractivity contribution in [2.75, 3.05) is 31.9 Å². The second-order valence-electron chi connectivity index (χ2n) is 6.82. The molecule has 0 aliphatic carbocycles. The Kier molecular flexibility index (Phi) is 7.09. The fourth-order valence-corrected chi connectivity index (χ4v) is 4.21. The molecule has 3 rings (SSSR count). The normalized spacial score (nSPS) is 18.1. The number of rotatable bonds is 6. The van der Waals surface area contributed by atoms with Gasteiger partial charge in [-0.15, -0.1) is 0 Å². The van der Waals surface area contributed by atoms with Gasteiger partial charge in [0.05, 0.1) is 0 Å². The summed E-state index contributed by atoms with van der Waals surface area (Å²) in [5.74, 6) is 3.91. The smallest absolute Gasteiger partial charge is 0.276 e. The minimum atomic E-state index is 0.453. The highest BCUT2D eigenvalue weighted by Gasteiger charge is 2.24. The number of pyridine rings is 1. The highest BCUT2D eigenvalue weighted by molar-refractivity contribution is 8.00. The van der Waals surface area contributed by atoms with E-state index in [9.17, 15) is 0 Å². The van der Waals surface area contributed by atoms with E-state index in [1.165, 1.54) is 0 Å². The second-order valence-corrected chi connectivity index (χ2v) is 8.16. The maximum absolute atomic E-state index is 5.31. The number of nitrogens with one attached hydrogen (secondary N) is 1. The molecule has 0 aromatic carbocycles. The molecule has 8 heteroatoms. The van der Waals surface area contributed by atoms with Crippen molar-refractivity contribution in [3.63, 3.8) is 0 Å². The van der Waals surface area contributed by atoms with Crippen LogP contribution in [0.4, 0.5) is 0 Å². The minimum Gasteiger partial charge on any atom is -0.357 e. The molecule has 2 aromatic heterocycles. The molecule has 0 bridgehead atoms. The fraction of sp³-hybridized carbons (Fsp3) is 0.579. The number of hydrogen-bond acceptors (Lipinski definition) is 6. The van der Waals surface area contributed by atoms with Gasteiger partial charge in [-0.2, -0.15) is 16.7 Å². The zero-order valence-corrected chi connectivity index (χ0v) is 17.1. The first-order valence-corrected chi connectivity index (χ1v) is 10.6. The van der Waals surface area contributed by atoms with Crippen LogP contribution in [0.25, 0.3) is 11.6 Å². The average Bonchev–Trinajstić information content (AvgIpc) is 3.17. The summed E-state index contributed by atoms with van der Waals surface area (Å²) >= 11 is 2.07. The van der Waals surface area contributed by atoms with E-state index < -0.39 is 0 Å². The van der Waals surface area contributed by atoms with E-state index in [1.54, 1.807) is 6.20 Å². The lowest BCUT2D eigenvalue weighted by molar-refractivity contribution is 0.380. The van der Waals surface area contributed by atoms with Gasteiger partial charge in [0, 0.05) is 49.8 Å². The van der Waals surface area contributed by atoms with Crippen LogP contribution in [-0.4, -0.2) is 63.2 Å². The van der Waals surface area contributed by atoms with Crippen molar-refractivity contribution in [1.29, 1.82) is 0 Å². The van der Waals surface area contributed by atoms with Crippen molar-refractivity contribution in [3.8, 4) is 11.6 Å². The summed E-state index contributed by atoms with van der Waals surface area (Å²) in [6.45, 7) is 10.3. The Balaban J connectivity index is 1.60. The highest BCUT2D eigenvalue weighted by atomic mass is 32.2. The number of aliphatic imine (C=N–C) groups is 1. The molecule has 1 atom stereocenters. The van der Waals surface area contributed by atoms with Gasteiger partial charge < -0.3 is 14.7 Å². The van der Waals surface area contributed by atoms with Crippen molar-refractivity contribution in [1.82, 2.24) is 25.3 Å². The molecule has 1 N–H and O–H groups in total. The zero-order chi connectivity index (χ0) is 19.1. The lowest BCUT2D eigenvalue weighted by Gasteiger charge is -2.36. The summed E-state index contributed by atoms with van der Waals surface area (Å²) < 4.78 is 5.31. The van der Waals surface area contributed by atoms with Gasteiger partial charge in [-0.25, -0.2) is 0 Å². The quantitative estimate of drug-likeness (QED) is 0.602. The Morgan fingerprint density at radius 1 is 1.44 bits per heavy atom. The van der Waals surface area contributed by atoms with Gasteiger partial charge in [-0.3, -0.25) is 9.98 Å². The topological polar surface area (TPSA) is 79.4 Å². The lowest BCUT2D eigenvalue weighted by Crippen LogP contribution is -2.49. The van der Waals surface area contributed by atoms with Crippen LogP contribution >= 0.6 is 11.8 Å². The first-order chi connectivity index (χ1) is 13.2. The van der Waals surface area contributed by atoms with E-state index in [-0.39, 0.29) is 0 Å². The molecule has 0 radical (unpaired) electrons. The van der Waals surface area contributed by atoms with Gasteiger partial charge >= 0.3 is 0 Å². The summed E-state index contributed by atoms with van der Waals surface area (Å²) in [7, 11) is 0. The molecule has 0 saturated carbocycles. The standard InChI is InChI=1S/C19H28N6OS/c1-4-20-19(25-11-12-27-16(13-25)14(2)3)22-10-8-17-23-18(26-24-17)15-7-5-6-9-21-15/h5-7,9,14,16H,4,8,10-13H2,1-3H3,(H,20,22). The number of aromatic nitrogens is 3. The van der Waals surface area contributed by atoms with Crippen molar-refractivity contribution in [2.45, 2.75) is 32.4 Å². The Hall–Kier alpha value is -2.09. The molecular formula is C19H28N6OS. The maximum atomic E-state index is 5.31. The molecule has 2 aromatic rings. The van der Waals surface area contributed by atoms with Gasteiger partial charge in [-0.1, -0.05) is 25.1 Å². The number of guanidine groups is 1. The molecule has 0 spiro atoms. The molecular weight excluding hydrogens is 360 g/mol.